The molecule has 20 heavy (non-hydrogen) atoms. The van der Waals surface area contributed by atoms with Gasteiger partial charge in [0.25, 0.3) is 0 Å². The standard InChI is InChI=1S/C16H19NO3/c18-10-1-2-12-13-6-9-5-11(19)7-14(20)15(9)16(12,8-10)3-4-17-13/h5,7,12-13,17,19-20H,1-4,6,8H2/t12-,13+,16-/m0/s1. The maximum Gasteiger partial charge on any atom is 0.133 e. The summed E-state index contributed by atoms with van der Waals surface area (Å²) in [6.45, 7) is 0.897. The molecular formula is C16H19NO3. The fraction of sp³-hybridized carbons (Fsp3) is 0.562. The maximum atomic E-state index is 12.0. The van der Waals surface area contributed by atoms with Gasteiger partial charge in [-0.05, 0) is 43.4 Å². The van der Waals surface area contributed by atoms with Gasteiger partial charge in [-0.15, -0.1) is 0 Å². The van der Waals surface area contributed by atoms with E-state index in [-0.39, 0.29) is 16.9 Å². The molecule has 2 bridgehead atoms. The van der Waals surface area contributed by atoms with Gasteiger partial charge in [0.15, 0.2) is 0 Å². The van der Waals surface area contributed by atoms with Crippen molar-refractivity contribution < 1.29 is 15.0 Å². The summed E-state index contributed by atoms with van der Waals surface area (Å²) in [5.74, 6) is 1.01. The first-order valence-electron chi connectivity index (χ1n) is 7.40. The first-order valence-corrected chi connectivity index (χ1v) is 7.40. The van der Waals surface area contributed by atoms with Crippen molar-refractivity contribution in [1.29, 1.82) is 0 Å². The van der Waals surface area contributed by atoms with Gasteiger partial charge in [0.1, 0.15) is 17.3 Å². The quantitative estimate of drug-likeness (QED) is 0.672. The summed E-state index contributed by atoms with van der Waals surface area (Å²) in [6, 6.07) is 3.55. The van der Waals surface area contributed by atoms with Crippen molar-refractivity contribution in [2.75, 3.05) is 6.54 Å². The number of carbonyl (C=O) groups is 1. The maximum absolute atomic E-state index is 12.0. The SMILES string of the molecule is O=C1CC[C@H]2[C@H]3Cc4cc(O)cc(O)c4[C@@]2(CCN3)C1. The normalized spacial score (nSPS) is 35.3. The van der Waals surface area contributed by atoms with Gasteiger partial charge in [0.05, 0.1) is 0 Å². The van der Waals surface area contributed by atoms with E-state index in [1.807, 2.05) is 0 Å². The molecule has 1 heterocycles. The van der Waals surface area contributed by atoms with Crippen LogP contribution in [0.25, 0.3) is 0 Å². The zero-order valence-corrected chi connectivity index (χ0v) is 11.4. The lowest BCUT2D eigenvalue weighted by Gasteiger charge is -2.55. The molecular weight excluding hydrogens is 254 g/mol. The van der Waals surface area contributed by atoms with Crippen LogP contribution in [0.15, 0.2) is 12.1 Å². The lowest BCUT2D eigenvalue weighted by atomic mass is 9.52. The third-order valence-electron chi connectivity index (χ3n) is 5.54. The first-order chi connectivity index (χ1) is 9.60. The minimum absolute atomic E-state index is 0.108. The summed E-state index contributed by atoms with van der Waals surface area (Å²) in [4.78, 5) is 12.0. The van der Waals surface area contributed by atoms with Gasteiger partial charge in [0, 0.05) is 35.9 Å². The second-order valence-electron chi connectivity index (χ2n) is 6.53. The average molecular weight is 273 g/mol. The van der Waals surface area contributed by atoms with Crippen LogP contribution in [0, 0.1) is 5.92 Å². The number of benzene rings is 1. The molecule has 4 nitrogen and oxygen atoms in total. The van der Waals surface area contributed by atoms with Gasteiger partial charge in [-0.2, -0.15) is 0 Å². The van der Waals surface area contributed by atoms with E-state index in [1.165, 1.54) is 6.07 Å². The number of hydrogen-bond donors (Lipinski definition) is 3. The van der Waals surface area contributed by atoms with Crippen LogP contribution in [0.1, 0.15) is 36.8 Å². The van der Waals surface area contributed by atoms with E-state index < -0.39 is 0 Å². The van der Waals surface area contributed by atoms with Crippen LogP contribution in [0.4, 0.5) is 0 Å². The van der Waals surface area contributed by atoms with Crippen molar-refractivity contribution >= 4 is 5.78 Å². The Morgan fingerprint density at radius 2 is 2.15 bits per heavy atom. The van der Waals surface area contributed by atoms with E-state index in [1.54, 1.807) is 6.07 Å². The molecule has 2 fully saturated rings. The fourth-order valence-corrected chi connectivity index (χ4v) is 4.90. The number of nitrogens with one attached hydrogen (secondary N) is 1. The lowest BCUT2D eigenvalue weighted by Crippen LogP contribution is -2.60. The van der Waals surface area contributed by atoms with Crippen molar-refractivity contribution in [3.63, 3.8) is 0 Å². The minimum atomic E-state index is -0.212. The Hall–Kier alpha value is -1.55. The van der Waals surface area contributed by atoms with Crippen LogP contribution < -0.4 is 5.32 Å². The van der Waals surface area contributed by atoms with Crippen LogP contribution in [-0.2, 0) is 16.6 Å². The third-order valence-corrected chi connectivity index (χ3v) is 5.54. The summed E-state index contributed by atoms with van der Waals surface area (Å²) in [5.41, 5.74) is 1.73. The first kappa shape index (κ1) is 12.2. The molecule has 106 valence electrons. The molecule has 3 aliphatic rings. The van der Waals surface area contributed by atoms with Gasteiger partial charge < -0.3 is 15.5 Å². The van der Waals surface area contributed by atoms with E-state index in [4.69, 9.17) is 0 Å². The second kappa shape index (κ2) is 3.98. The number of ketones is 1. The highest BCUT2D eigenvalue weighted by Gasteiger charge is 2.54. The molecule has 3 N–H and O–H groups in total. The van der Waals surface area contributed by atoms with Crippen LogP contribution >= 0.6 is 0 Å². The Labute approximate surface area is 117 Å². The Morgan fingerprint density at radius 3 is 3.00 bits per heavy atom. The molecule has 1 aromatic carbocycles. The van der Waals surface area contributed by atoms with Crippen molar-refractivity contribution in [3.8, 4) is 11.5 Å². The van der Waals surface area contributed by atoms with E-state index in [9.17, 15) is 15.0 Å². The molecule has 1 aliphatic heterocycles. The number of aromatic hydroxyl groups is 2. The zero-order valence-electron chi connectivity index (χ0n) is 11.4. The topological polar surface area (TPSA) is 69.6 Å². The fourth-order valence-electron chi connectivity index (χ4n) is 4.90. The molecule has 1 aromatic rings. The van der Waals surface area contributed by atoms with Crippen molar-refractivity contribution in [1.82, 2.24) is 5.32 Å². The molecule has 4 rings (SSSR count). The van der Waals surface area contributed by atoms with Gasteiger partial charge in [0.2, 0.25) is 0 Å². The van der Waals surface area contributed by atoms with Gasteiger partial charge >= 0.3 is 0 Å². The number of phenols is 2. The molecule has 0 spiro atoms. The molecule has 4 heteroatoms. The summed E-state index contributed by atoms with van der Waals surface area (Å²) in [7, 11) is 0. The average Bonchev–Trinajstić information content (AvgIpc) is 2.36. The molecule has 3 atom stereocenters. The van der Waals surface area contributed by atoms with Crippen LogP contribution in [0.2, 0.25) is 0 Å². The number of phenolic OH excluding ortho intramolecular Hbond substituents is 2. The minimum Gasteiger partial charge on any atom is -0.508 e. The lowest BCUT2D eigenvalue weighted by molar-refractivity contribution is -0.125. The van der Waals surface area contributed by atoms with Crippen molar-refractivity contribution in [2.24, 2.45) is 5.92 Å². The summed E-state index contributed by atoms with van der Waals surface area (Å²) in [6.07, 6.45) is 3.85. The van der Waals surface area contributed by atoms with Crippen molar-refractivity contribution in [2.45, 2.75) is 43.6 Å². The largest absolute Gasteiger partial charge is 0.508 e. The number of piperidine rings is 1. The molecule has 0 aromatic heterocycles. The smallest absolute Gasteiger partial charge is 0.133 e. The van der Waals surface area contributed by atoms with Gasteiger partial charge in [-0.1, -0.05) is 0 Å². The van der Waals surface area contributed by atoms with E-state index >= 15 is 0 Å². The molecule has 1 saturated heterocycles. The van der Waals surface area contributed by atoms with E-state index in [0.29, 0.717) is 30.6 Å². The molecule has 2 aliphatic carbocycles. The van der Waals surface area contributed by atoms with E-state index in [0.717, 1.165) is 36.9 Å². The molecule has 0 amide bonds. The highest BCUT2D eigenvalue weighted by molar-refractivity contribution is 5.82. The summed E-state index contributed by atoms with van der Waals surface area (Å²) >= 11 is 0. The number of Topliss-reactive ketones (excluding diaryl/α,β-unsaturated/α-hetero) is 1. The Balaban J connectivity index is 1.95. The van der Waals surface area contributed by atoms with Crippen LogP contribution in [-0.4, -0.2) is 28.6 Å². The zero-order chi connectivity index (χ0) is 13.9. The predicted octanol–water partition coefficient (Wildman–Crippen LogP) is 1.62. The van der Waals surface area contributed by atoms with Crippen LogP contribution in [0.5, 0.6) is 11.5 Å². The highest BCUT2D eigenvalue weighted by atomic mass is 16.3. The summed E-state index contributed by atoms with van der Waals surface area (Å²) < 4.78 is 0. The number of hydrogen-bond acceptors (Lipinski definition) is 4. The Kier molecular flexibility index (Phi) is 2.43. The predicted molar refractivity (Wildman–Crippen MR) is 73.9 cm³/mol. The van der Waals surface area contributed by atoms with Gasteiger partial charge in [-0.3, -0.25) is 4.79 Å². The molecule has 0 unspecified atom stereocenters. The second-order valence-corrected chi connectivity index (χ2v) is 6.53. The summed E-state index contributed by atoms with van der Waals surface area (Å²) in [5, 5.41) is 23.7. The number of fused-ring (bicyclic) bond motifs is 1. The van der Waals surface area contributed by atoms with Crippen LogP contribution in [0.3, 0.4) is 0 Å². The molecule has 0 radical (unpaired) electrons. The Morgan fingerprint density at radius 1 is 1.30 bits per heavy atom. The van der Waals surface area contributed by atoms with Gasteiger partial charge in [-0.25, -0.2) is 0 Å². The van der Waals surface area contributed by atoms with E-state index in [2.05, 4.69) is 5.32 Å². The number of carbonyl (C=O) groups excluding carboxylic acids is 1. The Bertz CT molecular complexity index is 598. The number of rotatable bonds is 0. The molecule has 1 saturated carbocycles. The highest BCUT2D eigenvalue weighted by Crippen LogP contribution is 2.55. The van der Waals surface area contributed by atoms with Crippen molar-refractivity contribution in [3.05, 3.63) is 23.3 Å². The monoisotopic (exact) mass is 273 g/mol. The third kappa shape index (κ3) is 1.48.